The molecule has 0 saturated heterocycles. The van der Waals surface area contributed by atoms with Crippen molar-refractivity contribution in [1.82, 2.24) is 0 Å². The Bertz CT molecular complexity index is 393. The number of methoxy groups -OCH3 is 1. The van der Waals surface area contributed by atoms with E-state index in [1.54, 1.807) is 6.08 Å². The molecular formula is C17H28O3S. The predicted molar refractivity (Wildman–Crippen MR) is 86.9 cm³/mol. The van der Waals surface area contributed by atoms with Gasteiger partial charge in [-0.1, -0.05) is 26.3 Å². The number of ether oxygens (including phenoxy) is 1. The van der Waals surface area contributed by atoms with Crippen LogP contribution in [0.25, 0.3) is 0 Å². The minimum Gasteiger partial charge on any atom is -0.466 e. The molecule has 5 atom stereocenters. The highest BCUT2D eigenvalue weighted by Crippen LogP contribution is 2.58. The second-order valence-electron chi connectivity index (χ2n) is 6.73. The van der Waals surface area contributed by atoms with Crippen molar-refractivity contribution in [2.24, 2.45) is 23.2 Å². The lowest BCUT2D eigenvalue weighted by molar-refractivity contribution is -0.134. The Hall–Kier alpha value is -0.480. The lowest BCUT2D eigenvalue weighted by Crippen LogP contribution is -2.41. The molecular weight excluding hydrogens is 284 g/mol. The molecule has 4 unspecified atom stereocenters. The van der Waals surface area contributed by atoms with Crippen LogP contribution in [0.1, 0.15) is 46.0 Å². The summed E-state index contributed by atoms with van der Waals surface area (Å²) in [7, 11) is 1.43. The largest absolute Gasteiger partial charge is 0.466 e. The molecule has 0 N–H and O–H groups in total. The van der Waals surface area contributed by atoms with E-state index in [1.165, 1.54) is 51.3 Å². The molecule has 4 heteroatoms. The molecule has 2 aliphatic rings. The highest BCUT2D eigenvalue weighted by atomic mass is 32.2. The topological polar surface area (TPSA) is 35.5 Å². The summed E-state index contributed by atoms with van der Waals surface area (Å²) in [5.41, 5.74) is 0.346. The molecule has 0 aromatic heterocycles. The Morgan fingerprint density at radius 3 is 2.81 bits per heavy atom. The van der Waals surface area contributed by atoms with Crippen molar-refractivity contribution in [3.8, 4) is 0 Å². The number of hydrogen-bond donors (Lipinski definition) is 0. The van der Waals surface area contributed by atoms with E-state index >= 15 is 0 Å². The number of carbonyl (C=O) groups excluding carboxylic acids is 1. The van der Waals surface area contributed by atoms with Crippen LogP contribution in [0.4, 0.5) is 0 Å². The zero-order chi connectivity index (χ0) is 15.5. The van der Waals surface area contributed by atoms with E-state index < -0.39 is 0 Å². The van der Waals surface area contributed by atoms with E-state index in [0.29, 0.717) is 29.3 Å². The summed E-state index contributed by atoms with van der Waals surface area (Å²) in [5.74, 6) is 1.45. The Balaban J connectivity index is 2.08. The molecule has 0 aromatic rings. The van der Waals surface area contributed by atoms with E-state index in [0.717, 1.165) is 0 Å². The van der Waals surface area contributed by atoms with Gasteiger partial charge in [-0.15, -0.1) is 0 Å². The van der Waals surface area contributed by atoms with Gasteiger partial charge in [-0.25, -0.2) is 4.79 Å². The van der Waals surface area contributed by atoms with Gasteiger partial charge >= 0.3 is 5.97 Å². The van der Waals surface area contributed by atoms with Gasteiger partial charge in [0.1, 0.15) is 0 Å². The second-order valence-corrected chi connectivity index (χ2v) is 7.26. The maximum atomic E-state index is 11.3. The van der Waals surface area contributed by atoms with Crippen LogP contribution in [0.15, 0.2) is 12.2 Å². The Morgan fingerprint density at radius 1 is 1.38 bits per heavy atom. The molecule has 0 aromatic carbocycles. The monoisotopic (exact) mass is 312 g/mol. The molecule has 3 nitrogen and oxygen atoms in total. The number of rotatable bonds is 5. The maximum absolute atomic E-state index is 11.3. The van der Waals surface area contributed by atoms with Gasteiger partial charge in [-0.3, -0.25) is 0 Å². The van der Waals surface area contributed by atoms with Crippen LogP contribution in [0, 0.1) is 23.2 Å². The van der Waals surface area contributed by atoms with E-state index in [1.807, 2.05) is 12.3 Å². The number of fused-ring (bicyclic) bond motifs is 1. The van der Waals surface area contributed by atoms with Gasteiger partial charge in [0.15, 0.2) is 0 Å². The van der Waals surface area contributed by atoms with E-state index in [4.69, 9.17) is 8.92 Å². The summed E-state index contributed by atoms with van der Waals surface area (Å²) in [6.07, 6.45) is 12.3. The second kappa shape index (κ2) is 7.19. The normalized spacial score (nSPS) is 37.4. The predicted octanol–water partition coefficient (Wildman–Crippen LogP) is 4.23. The molecule has 0 radical (unpaired) electrons. The van der Waals surface area contributed by atoms with Crippen molar-refractivity contribution >= 4 is 18.0 Å². The van der Waals surface area contributed by atoms with Gasteiger partial charge in [-0.05, 0) is 60.9 Å². The Labute approximate surface area is 133 Å². The Morgan fingerprint density at radius 2 is 2.14 bits per heavy atom. The van der Waals surface area contributed by atoms with Gasteiger partial charge in [0.25, 0.3) is 0 Å². The Kier molecular flexibility index (Phi) is 5.78. The van der Waals surface area contributed by atoms with Crippen LogP contribution in [-0.4, -0.2) is 25.4 Å². The van der Waals surface area contributed by atoms with Crippen LogP contribution in [-0.2, 0) is 13.7 Å². The standard InChI is InChI=1S/C17H28O3S/c1-12(7-10-16(18)19-3)13-8-9-14-15(20-21-4)6-5-11-17(13,14)2/h7,10,12-15H,5-6,8-9,11H2,1-4H3/b10-7-/t12-,13?,14?,15?,17?/m1/s1. The van der Waals surface area contributed by atoms with Crippen molar-refractivity contribution in [3.63, 3.8) is 0 Å². The molecule has 0 amide bonds. The SMILES string of the molecule is COC(=O)/C=C\[C@@H](C)C1CCC2C(OSC)CCCC21C. The van der Waals surface area contributed by atoms with Crippen LogP contribution < -0.4 is 0 Å². The van der Waals surface area contributed by atoms with Gasteiger partial charge in [-0.2, -0.15) is 0 Å². The zero-order valence-electron chi connectivity index (χ0n) is 13.6. The average Bonchev–Trinajstić information content (AvgIpc) is 2.82. The zero-order valence-corrected chi connectivity index (χ0v) is 14.4. The summed E-state index contributed by atoms with van der Waals surface area (Å²) >= 11 is 1.51. The summed E-state index contributed by atoms with van der Waals surface area (Å²) in [6.45, 7) is 4.67. The van der Waals surface area contributed by atoms with Crippen LogP contribution in [0.3, 0.4) is 0 Å². The van der Waals surface area contributed by atoms with Crippen molar-refractivity contribution in [3.05, 3.63) is 12.2 Å². The molecule has 0 spiro atoms. The minimum atomic E-state index is -0.256. The van der Waals surface area contributed by atoms with Gasteiger partial charge < -0.3 is 8.92 Å². The third kappa shape index (κ3) is 3.48. The fraction of sp³-hybridized carbons (Fsp3) is 0.824. The number of esters is 1. The molecule has 2 rings (SSSR count). The molecule has 2 fully saturated rings. The number of hydrogen-bond acceptors (Lipinski definition) is 4. The van der Waals surface area contributed by atoms with Crippen molar-refractivity contribution < 1.29 is 13.7 Å². The molecule has 2 aliphatic carbocycles. The third-order valence-corrected chi connectivity index (χ3v) is 6.17. The summed E-state index contributed by atoms with van der Waals surface area (Å²) in [5, 5.41) is 0. The molecule has 0 aliphatic heterocycles. The number of carbonyl (C=O) groups is 1. The van der Waals surface area contributed by atoms with Crippen molar-refractivity contribution in [1.29, 1.82) is 0 Å². The van der Waals surface area contributed by atoms with Crippen LogP contribution >= 0.6 is 12.0 Å². The number of allylic oxidation sites excluding steroid dienone is 1. The minimum absolute atomic E-state index is 0.256. The summed E-state index contributed by atoms with van der Waals surface area (Å²) in [4.78, 5) is 11.3. The highest BCUT2D eigenvalue weighted by molar-refractivity contribution is 7.93. The van der Waals surface area contributed by atoms with Gasteiger partial charge in [0.2, 0.25) is 0 Å². The maximum Gasteiger partial charge on any atom is 0.330 e. The summed E-state index contributed by atoms with van der Waals surface area (Å²) < 4.78 is 10.6. The van der Waals surface area contributed by atoms with Crippen LogP contribution in [0.5, 0.6) is 0 Å². The molecule has 0 bridgehead atoms. The van der Waals surface area contributed by atoms with E-state index in [-0.39, 0.29) is 5.97 Å². The molecule has 21 heavy (non-hydrogen) atoms. The van der Waals surface area contributed by atoms with E-state index in [9.17, 15) is 4.79 Å². The first-order valence-corrected chi connectivity index (χ1v) is 9.13. The third-order valence-electron chi connectivity index (χ3n) is 5.73. The van der Waals surface area contributed by atoms with Crippen LogP contribution in [0.2, 0.25) is 0 Å². The van der Waals surface area contributed by atoms with E-state index in [2.05, 4.69) is 13.8 Å². The van der Waals surface area contributed by atoms with Crippen molar-refractivity contribution in [2.45, 2.75) is 52.1 Å². The van der Waals surface area contributed by atoms with Gasteiger partial charge in [0.05, 0.1) is 13.2 Å². The first-order valence-electron chi connectivity index (χ1n) is 7.98. The highest BCUT2D eigenvalue weighted by Gasteiger charge is 2.52. The fourth-order valence-corrected chi connectivity index (χ4v) is 5.17. The van der Waals surface area contributed by atoms with Gasteiger partial charge in [0, 0.05) is 12.3 Å². The average molecular weight is 312 g/mol. The lowest BCUT2D eigenvalue weighted by Gasteiger charge is -2.45. The quantitative estimate of drug-likeness (QED) is 0.432. The fourth-order valence-electron chi connectivity index (χ4n) is 4.69. The summed E-state index contributed by atoms with van der Waals surface area (Å²) in [6, 6.07) is 0. The first-order chi connectivity index (χ1) is 10.0. The van der Waals surface area contributed by atoms with Crippen molar-refractivity contribution in [2.75, 3.05) is 13.4 Å². The smallest absolute Gasteiger partial charge is 0.330 e. The molecule has 2 saturated carbocycles. The molecule has 0 heterocycles. The molecule has 120 valence electrons. The first kappa shape index (κ1) is 16.9. The lowest BCUT2D eigenvalue weighted by atomic mass is 9.62.